The van der Waals surface area contributed by atoms with Gasteiger partial charge in [-0.1, -0.05) is 13.8 Å². The first-order chi connectivity index (χ1) is 8.65. The Morgan fingerprint density at radius 2 is 2.06 bits per heavy atom. The van der Waals surface area contributed by atoms with Crippen LogP contribution in [0.3, 0.4) is 0 Å². The van der Waals surface area contributed by atoms with Gasteiger partial charge in [0.1, 0.15) is 5.76 Å². The van der Waals surface area contributed by atoms with Crippen LogP contribution < -0.4 is 5.73 Å². The zero-order chi connectivity index (χ0) is 13.5. The molecular weight excluding hydrogens is 228 g/mol. The largest absolute Gasteiger partial charge is 0.468 e. The van der Waals surface area contributed by atoms with Crippen molar-refractivity contribution in [2.75, 3.05) is 13.2 Å². The Balaban J connectivity index is 2.98. The maximum atomic E-state index is 9.29. The summed E-state index contributed by atoms with van der Waals surface area (Å²) in [5, 5.41) is 9.29. The minimum Gasteiger partial charge on any atom is -0.468 e. The second kappa shape index (κ2) is 7.56. The quantitative estimate of drug-likeness (QED) is 0.746. The van der Waals surface area contributed by atoms with E-state index in [2.05, 4.69) is 18.7 Å². The molecule has 1 rings (SSSR count). The van der Waals surface area contributed by atoms with Crippen LogP contribution in [0, 0.1) is 0 Å². The third-order valence-corrected chi connectivity index (χ3v) is 3.46. The molecule has 104 valence electrons. The summed E-state index contributed by atoms with van der Waals surface area (Å²) in [6, 6.07) is 4.24. The molecule has 0 aliphatic carbocycles. The van der Waals surface area contributed by atoms with E-state index in [-0.39, 0.29) is 18.7 Å². The van der Waals surface area contributed by atoms with Crippen LogP contribution in [0.25, 0.3) is 0 Å². The number of hydrogen-bond donors (Lipinski definition) is 2. The van der Waals surface area contributed by atoms with Crippen molar-refractivity contribution >= 4 is 0 Å². The van der Waals surface area contributed by atoms with Gasteiger partial charge in [0.05, 0.1) is 18.9 Å². The maximum Gasteiger partial charge on any atom is 0.122 e. The molecule has 2 atom stereocenters. The lowest BCUT2D eigenvalue weighted by Crippen LogP contribution is -2.46. The van der Waals surface area contributed by atoms with Crippen LogP contribution >= 0.6 is 0 Å². The van der Waals surface area contributed by atoms with E-state index in [4.69, 9.17) is 10.2 Å². The average molecular weight is 254 g/mol. The standard InChI is InChI=1S/C14H26N2O2/c1-4-12(5-2)16(8-9-17)14(11(3)15)13-7-6-10-18-13/h6-7,10-12,14,17H,4-5,8-9,15H2,1-3H3. The van der Waals surface area contributed by atoms with Crippen LogP contribution in [0.5, 0.6) is 0 Å². The van der Waals surface area contributed by atoms with Crippen molar-refractivity contribution in [1.82, 2.24) is 4.90 Å². The molecule has 1 heterocycles. The zero-order valence-electron chi connectivity index (χ0n) is 11.7. The minimum absolute atomic E-state index is 0.0250. The van der Waals surface area contributed by atoms with Gasteiger partial charge in [-0.05, 0) is 31.9 Å². The van der Waals surface area contributed by atoms with Crippen molar-refractivity contribution in [2.45, 2.75) is 51.7 Å². The summed E-state index contributed by atoms with van der Waals surface area (Å²) < 4.78 is 5.52. The lowest BCUT2D eigenvalue weighted by Gasteiger charge is -2.38. The van der Waals surface area contributed by atoms with Gasteiger partial charge in [0.25, 0.3) is 0 Å². The Labute approximate surface area is 110 Å². The number of hydrogen-bond acceptors (Lipinski definition) is 4. The Bertz CT molecular complexity index is 308. The van der Waals surface area contributed by atoms with E-state index in [0.717, 1.165) is 18.6 Å². The Kier molecular flexibility index (Phi) is 6.39. The highest BCUT2D eigenvalue weighted by Crippen LogP contribution is 2.27. The van der Waals surface area contributed by atoms with Crippen LogP contribution in [0.15, 0.2) is 22.8 Å². The summed E-state index contributed by atoms with van der Waals surface area (Å²) >= 11 is 0. The van der Waals surface area contributed by atoms with Gasteiger partial charge in [0, 0.05) is 18.6 Å². The first-order valence-corrected chi connectivity index (χ1v) is 6.81. The molecule has 0 amide bonds. The van der Waals surface area contributed by atoms with Crippen molar-refractivity contribution < 1.29 is 9.52 Å². The summed E-state index contributed by atoms with van der Waals surface area (Å²) in [4.78, 5) is 2.27. The molecule has 0 fully saturated rings. The van der Waals surface area contributed by atoms with Gasteiger partial charge < -0.3 is 15.3 Å². The molecule has 0 aliphatic heterocycles. The molecule has 0 spiro atoms. The monoisotopic (exact) mass is 254 g/mol. The maximum absolute atomic E-state index is 9.29. The second-order valence-corrected chi connectivity index (χ2v) is 4.75. The van der Waals surface area contributed by atoms with Gasteiger partial charge in [-0.2, -0.15) is 0 Å². The van der Waals surface area contributed by atoms with Crippen LogP contribution in [0.1, 0.15) is 45.4 Å². The van der Waals surface area contributed by atoms with E-state index >= 15 is 0 Å². The summed E-state index contributed by atoms with van der Waals surface area (Å²) in [7, 11) is 0. The highest BCUT2D eigenvalue weighted by atomic mass is 16.3. The summed E-state index contributed by atoms with van der Waals surface area (Å²) in [5.41, 5.74) is 6.12. The molecule has 0 saturated heterocycles. The molecule has 2 unspecified atom stereocenters. The number of aliphatic hydroxyl groups is 1. The number of nitrogens with zero attached hydrogens (tertiary/aromatic N) is 1. The van der Waals surface area contributed by atoms with Crippen molar-refractivity contribution in [1.29, 1.82) is 0 Å². The average Bonchev–Trinajstić information content (AvgIpc) is 2.84. The van der Waals surface area contributed by atoms with E-state index in [0.29, 0.717) is 12.6 Å². The van der Waals surface area contributed by atoms with E-state index in [1.807, 2.05) is 19.1 Å². The van der Waals surface area contributed by atoms with Crippen molar-refractivity contribution in [3.05, 3.63) is 24.2 Å². The van der Waals surface area contributed by atoms with Crippen LogP contribution in [-0.4, -0.2) is 35.2 Å². The van der Waals surface area contributed by atoms with E-state index in [1.54, 1.807) is 6.26 Å². The molecule has 4 nitrogen and oxygen atoms in total. The fraction of sp³-hybridized carbons (Fsp3) is 0.714. The fourth-order valence-corrected chi connectivity index (χ4v) is 2.61. The van der Waals surface area contributed by atoms with Crippen LogP contribution in [0.4, 0.5) is 0 Å². The third kappa shape index (κ3) is 3.57. The molecule has 18 heavy (non-hydrogen) atoms. The van der Waals surface area contributed by atoms with Gasteiger partial charge in [-0.15, -0.1) is 0 Å². The number of furan rings is 1. The van der Waals surface area contributed by atoms with Crippen molar-refractivity contribution in [3.8, 4) is 0 Å². The van der Waals surface area contributed by atoms with Gasteiger partial charge in [-0.3, -0.25) is 4.90 Å². The van der Waals surface area contributed by atoms with Crippen molar-refractivity contribution in [2.24, 2.45) is 5.73 Å². The van der Waals surface area contributed by atoms with Gasteiger partial charge in [0.15, 0.2) is 0 Å². The molecule has 1 aromatic heterocycles. The number of nitrogens with two attached hydrogens (primary N) is 1. The predicted molar refractivity (Wildman–Crippen MR) is 73.3 cm³/mol. The first-order valence-electron chi connectivity index (χ1n) is 6.81. The lowest BCUT2D eigenvalue weighted by molar-refractivity contribution is 0.0737. The number of aliphatic hydroxyl groups excluding tert-OH is 1. The fourth-order valence-electron chi connectivity index (χ4n) is 2.61. The van der Waals surface area contributed by atoms with Gasteiger partial charge >= 0.3 is 0 Å². The van der Waals surface area contributed by atoms with E-state index in [9.17, 15) is 5.11 Å². The molecule has 0 saturated carbocycles. The van der Waals surface area contributed by atoms with Crippen molar-refractivity contribution in [3.63, 3.8) is 0 Å². The molecule has 0 aliphatic rings. The summed E-state index contributed by atoms with van der Waals surface area (Å²) in [5.74, 6) is 0.880. The van der Waals surface area contributed by atoms with E-state index < -0.39 is 0 Å². The third-order valence-electron chi connectivity index (χ3n) is 3.46. The van der Waals surface area contributed by atoms with Gasteiger partial charge in [-0.25, -0.2) is 0 Å². The normalized spacial score (nSPS) is 15.3. The summed E-state index contributed by atoms with van der Waals surface area (Å²) in [6.45, 7) is 7.08. The highest BCUT2D eigenvalue weighted by Gasteiger charge is 2.29. The predicted octanol–water partition coefficient (Wildman–Crippen LogP) is 2.15. The molecule has 0 aromatic carbocycles. The van der Waals surface area contributed by atoms with Gasteiger partial charge in [0.2, 0.25) is 0 Å². The highest BCUT2D eigenvalue weighted by molar-refractivity contribution is 5.08. The number of rotatable bonds is 8. The first kappa shape index (κ1) is 15.2. The van der Waals surface area contributed by atoms with E-state index in [1.165, 1.54) is 0 Å². The molecule has 0 bridgehead atoms. The SMILES string of the molecule is CCC(CC)N(CCO)C(c1ccco1)C(C)N. The second-order valence-electron chi connectivity index (χ2n) is 4.75. The van der Waals surface area contributed by atoms with Crippen LogP contribution in [0.2, 0.25) is 0 Å². The smallest absolute Gasteiger partial charge is 0.122 e. The molecule has 3 N–H and O–H groups in total. The molecule has 1 aromatic rings. The minimum atomic E-state index is -0.0386. The van der Waals surface area contributed by atoms with Crippen LogP contribution in [-0.2, 0) is 0 Å². The Morgan fingerprint density at radius 1 is 1.39 bits per heavy atom. The molecule has 4 heteroatoms. The lowest BCUT2D eigenvalue weighted by atomic mass is 10.0. The molecule has 0 radical (unpaired) electrons. The Morgan fingerprint density at radius 3 is 2.44 bits per heavy atom. The Hall–Kier alpha value is -0.840. The topological polar surface area (TPSA) is 62.6 Å². The molecular formula is C14H26N2O2. The zero-order valence-corrected chi connectivity index (χ0v) is 11.7. The summed E-state index contributed by atoms with van der Waals surface area (Å²) in [6.07, 6.45) is 3.76.